The minimum atomic E-state index is -0.715. The summed E-state index contributed by atoms with van der Waals surface area (Å²) in [7, 11) is 0. The van der Waals surface area contributed by atoms with Crippen molar-refractivity contribution in [2.24, 2.45) is 0 Å². The van der Waals surface area contributed by atoms with E-state index >= 15 is 0 Å². The molecule has 3 rings (SSSR count). The summed E-state index contributed by atoms with van der Waals surface area (Å²) in [5.74, 6) is -0.378. The van der Waals surface area contributed by atoms with Crippen molar-refractivity contribution in [1.82, 2.24) is 10.2 Å². The molecule has 184 valence electrons. The number of hydrogen-bond donors (Lipinski definition) is 1. The van der Waals surface area contributed by atoms with Crippen molar-refractivity contribution in [2.45, 2.75) is 45.2 Å². The Morgan fingerprint density at radius 1 is 0.886 bits per heavy atom. The van der Waals surface area contributed by atoms with Crippen LogP contribution in [0.5, 0.6) is 0 Å². The van der Waals surface area contributed by atoms with Crippen molar-refractivity contribution < 1.29 is 9.59 Å². The summed E-state index contributed by atoms with van der Waals surface area (Å²) in [6.45, 7) is 2.80. The van der Waals surface area contributed by atoms with Crippen molar-refractivity contribution in [3.63, 3.8) is 0 Å². The molecule has 0 saturated carbocycles. The van der Waals surface area contributed by atoms with Gasteiger partial charge in [0, 0.05) is 34.6 Å². The maximum absolute atomic E-state index is 13.7. The van der Waals surface area contributed by atoms with Gasteiger partial charge in [0.15, 0.2) is 0 Å². The molecule has 0 radical (unpaired) electrons. The van der Waals surface area contributed by atoms with Gasteiger partial charge in [-0.2, -0.15) is 0 Å². The Labute approximate surface area is 222 Å². The SMILES string of the molecule is CCCCNC(=O)[C@H](Cc1ccccc1)N(Cc1ccc(Cl)cc1Cl)C(=O)Cc1cccc(Cl)c1. The molecule has 0 unspecified atom stereocenters. The smallest absolute Gasteiger partial charge is 0.243 e. The molecule has 0 aromatic heterocycles. The van der Waals surface area contributed by atoms with Crippen LogP contribution in [-0.4, -0.2) is 29.3 Å². The molecule has 0 heterocycles. The van der Waals surface area contributed by atoms with Gasteiger partial charge in [-0.3, -0.25) is 9.59 Å². The number of carbonyl (C=O) groups is 2. The number of carbonyl (C=O) groups excluding carboxylic acids is 2. The van der Waals surface area contributed by atoms with E-state index in [1.165, 1.54) is 0 Å². The predicted molar refractivity (Wildman–Crippen MR) is 144 cm³/mol. The van der Waals surface area contributed by atoms with E-state index < -0.39 is 6.04 Å². The van der Waals surface area contributed by atoms with Crippen LogP contribution in [0.4, 0.5) is 0 Å². The average Bonchev–Trinajstić information content (AvgIpc) is 2.83. The molecule has 0 fully saturated rings. The second-order valence-corrected chi connectivity index (χ2v) is 9.69. The topological polar surface area (TPSA) is 49.4 Å². The summed E-state index contributed by atoms with van der Waals surface area (Å²) < 4.78 is 0. The highest BCUT2D eigenvalue weighted by molar-refractivity contribution is 6.35. The highest BCUT2D eigenvalue weighted by Crippen LogP contribution is 2.25. The minimum absolute atomic E-state index is 0.110. The fourth-order valence-electron chi connectivity index (χ4n) is 3.82. The van der Waals surface area contributed by atoms with Crippen molar-refractivity contribution in [3.8, 4) is 0 Å². The van der Waals surface area contributed by atoms with E-state index in [2.05, 4.69) is 12.2 Å². The van der Waals surface area contributed by atoms with E-state index in [-0.39, 0.29) is 24.8 Å². The zero-order chi connectivity index (χ0) is 25.2. The summed E-state index contributed by atoms with van der Waals surface area (Å²) in [5.41, 5.74) is 2.46. The molecule has 0 spiro atoms. The first-order valence-corrected chi connectivity index (χ1v) is 12.8. The van der Waals surface area contributed by atoms with E-state index in [1.807, 2.05) is 42.5 Å². The molecule has 0 aliphatic rings. The third-order valence-electron chi connectivity index (χ3n) is 5.70. The zero-order valence-corrected chi connectivity index (χ0v) is 21.9. The molecule has 4 nitrogen and oxygen atoms in total. The Bertz CT molecular complexity index is 1140. The maximum Gasteiger partial charge on any atom is 0.243 e. The second kappa shape index (κ2) is 13.5. The molecule has 0 aliphatic heterocycles. The number of rotatable bonds is 11. The largest absolute Gasteiger partial charge is 0.354 e. The summed E-state index contributed by atoms with van der Waals surface area (Å²) in [6, 6.07) is 21.3. The number of nitrogens with one attached hydrogen (secondary N) is 1. The number of amides is 2. The van der Waals surface area contributed by atoms with Gasteiger partial charge in [0.05, 0.1) is 6.42 Å². The first kappa shape index (κ1) is 27.1. The van der Waals surface area contributed by atoms with Crippen molar-refractivity contribution in [2.75, 3.05) is 6.54 Å². The molecule has 2 amide bonds. The van der Waals surface area contributed by atoms with Crippen LogP contribution >= 0.6 is 34.8 Å². The molecule has 0 aliphatic carbocycles. The van der Waals surface area contributed by atoms with Crippen LogP contribution < -0.4 is 5.32 Å². The third-order valence-corrected chi connectivity index (χ3v) is 6.52. The molecule has 3 aromatic carbocycles. The quantitative estimate of drug-likeness (QED) is 0.278. The Balaban J connectivity index is 1.97. The van der Waals surface area contributed by atoms with Gasteiger partial charge in [-0.25, -0.2) is 0 Å². The van der Waals surface area contributed by atoms with E-state index in [0.717, 1.165) is 29.5 Å². The van der Waals surface area contributed by atoms with Crippen LogP contribution in [0.3, 0.4) is 0 Å². The fourth-order valence-corrected chi connectivity index (χ4v) is 4.50. The predicted octanol–water partition coefficient (Wildman–Crippen LogP) is 6.75. The Morgan fingerprint density at radius 3 is 2.29 bits per heavy atom. The minimum Gasteiger partial charge on any atom is -0.354 e. The first-order chi connectivity index (χ1) is 16.9. The third kappa shape index (κ3) is 8.28. The van der Waals surface area contributed by atoms with E-state index in [0.29, 0.717) is 28.0 Å². The van der Waals surface area contributed by atoms with Gasteiger partial charge in [-0.1, -0.05) is 96.7 Å². The maximum atomic E-state index is 13.7. The highest BCUT2D eigenvalue weighted by atomic mass is 35.5. The monoisotopic (exact) mass is 530 g/mol. The van der Waals surface area contributed by atoms with Crippen LogP contribution in [0.15, 0.2) is 72.8 Å². The zero-order valence-electron chi connectivity index (χ0n) is 19.6. The van der Waals surface area contributed by atoms with Gasteiger partial charge in [0.1, 0.15) is 6.04 Å². The standard InChI is InChI=1S/C28H29Cl3N2O2/c1-2-3-14-32-28(35)26(16-20-8-5-4-6-9-20)33(19-22-12-13-24(30)18-25(22)31)27(34)17-21-10-7-11-23(29)15-21/h4-13,15,18,26H,2-3,14,16-17,19H2,1H3,(H,32,35)/t26-/m0/s1. The van der Waals surface area contributed by atoms with Crippen molar-refractivity contribution in [1.29, 1.82) is 0 Å². The summed E-state index contributed by atoms with van der Waals surface area (Å²) in [4.78, 5) is 28.7. The lowest BCUT2D eigenvalue weighted by atomic mass is 10.0. The van der Waals surface area contributed by atoms with Crippen LogP contribution in [0, 0.1) is 0 Å². The number of nitrogens with zero attached hydrogens (tertiary/aromatic N) is 1. The Morgan fingerprint density at radius 2 is 1.60 bits per heavy atom. The normalized spacial score (nSPS) is 11.7. The van der Waals surface area contributed by atoms with Gasteiger partial charge >= 0.3 is 0 Å². The van der Waals surface area contributed by atoms with Crippen LogP contribution in [-0.2, 0) is 29.0 Å². The lowest BCUT2D eigenvalue weighted by Crippen LogP contribution is -2.51. The number of halogens is 3. The van der Waals surface area contributed by atoms with Crippen LogP contribution in [0.25, 0.3) is 0 Å². The Kier molecular flexibility index (Phi) is 10.5. The van der Waals surface area contributed by atoms with Gasteiger partial charge in [0.2, 0.25) is 11.8 Å². The van der Waals surface area contributed by atoms with E-state index in [4.69, 9.17) is 34.8 Å². The Hall–Kier alpha value is -2.53. The lowest BCUT2D eigenvalue weighted by Gasteiger charge is -2.32. The molecule has 3 aromatic rings. The molecule has 35 heavy (non-hydrogen) atoms. The van der Waals surface area contributed by atoms with E-state index in [9.17, 15) is 9.59 Å². The fraction of sp³-hybridized carbons (Fsp3) is 0.286. The number of benzene rings is 3. The molecule has 1 atom stereocenters. The molecule has 7 heteroatoms. The van der Waals surface area contributed by atoms with Crippen LogP contribution in [0.2, 0.25) is 15.1 Å². The van der Waals surface area contributed by atoms with Crippen molar-refractivity contribution >= 4 is 46.6 Å². The summed E-state index contributed by atoms with van der Waals surface area (Å²) in [5, 5.41) is 4.53. The number of unbranched alkanes of at least 4 members (excludes halogenated alkanes) is 1. The molecule has 1 N–H and O–H groups in total. The van der Waals surface area contributed by atoms with Crippen molar-refractivity contribution in [3.05, 3.63) is 105 Å². The average molecular weight is 532 g/mol. The van der Waals surface area contributed by atoms with Gasteiger partial charge in [-0.15, -0.1) is 0 Å². The lowest BCUT2D eigenvalue weighted by molar-refractivity contribution is -0.140. The first-order valence-electron chi connectivity index (χ1n) is 11.7. The molecule has 0 saturated heterocycles. The van der Waals surface area contributed by atoms with Gasteiger partial charge in [-0.05, 0) is 47.4 Å². The number of hydrogen-bond acceptors (Lipinski definition) is 2. The van der Waals surface area contributed by atoms with Gasteiger partial charge in [0.25, 0.3) is 0 Å². The van der Waals surface area contributed by atoms with Crippen LogP contribution in [0.1, 0.15) is 36.5 Å². The summed E-state index contributed by atoms with van der Waals surface area (Å²) in [6.07, 6.45) is 2.31. The highest BCUT2D eigenvalue weighted by Gasteiger charge is 2.30. The molecular weight excluding hydrogens is 503 g/mol. The summed E-state index contributed by atoms with van der Waals surface area (Å²) >= 11 is 18.7. The second-order valence-electron chi connectivity index (χ2n) is 8.41. The molecule has 0 bridgehead atoms. The molecular formula is C28H29Cl3N2O2. The van der Waals surface area contributed by atoms with E-state index in [1.54, 1.807) is 35.2 Å². The van der Waals surface area contributed by atoms with Gasteiger partial charge < -0.3 is 10.2 Å².